The molecule has 0 unspecified atom stereocenters. The molecule has 2 amide bonds. The van der Waals surface area contributed by atoms with Gasteiger partial charge in [-0.3, -0.25) is 14.6 Å². The van der Waals surface area contributed by atoms with Crippen LogP contribution in [0.2, 0.25) is 0 Å². The Labute approximate surface area is 184 Å². The van der Waals surface area contributed by atoms with Crippen molar-refractivity contribution in [2.75, 3.05) is 6.54 Å². The van der Waals surface area contributed by atoms with Gasteiger partial charge in [-0.2, -0.15) is 5.26 Å². The van der Waals surface area contributed by atoms with E-state index in [2.05, 4.69) is 16.4 Å². The van der Waals surface area contributed by atoms with E-state index in [4.69, 9.17) is 0 Å². The minimum atomic E-state index is -0.397. The Balaban J connectivity index is 1.67. The quantitative estimate of drug-likeness (QED) is 0.787. The molecule has 1 saturated heterocycles. The summed E-state index contributed by atoms with van der Waals surface area (Å²) in [6.07, 6.45) is 5.21. The predicted octanol–water partition coefficient (Wildman–Crippen LogP) is 4.22. The van der Waals surface area contributed by atoms with Crippen LogP contribution < -0.4 is 5.32 Å². The van der Waals surface area contributed by atoms with Crippen LogP contribution in [0, 0.1) is 16.7 Å². The molecule has 2 aromatic rings. The maximum Gasteiger partial charge on any atom is 0.243 e. The van der Waals surface area contributed by atoms with Crippen LogP contribution in [-0.2, 0) is 9.59 Å². The van der Waals surface area contributed by atoms with Gasteiger partial charge in [-0.15, -0.1) is 0 Å². The lowest BCUT2D eigenvalue weighted by Gasteiger charge is -2.28. The number of benzene rings is 1. The Kier molecular flexibility index (Phi) is 6.74. The van der Waals surface area contributed by atoms with Gasteiger partial charge in [-0.05, 0) is 42.4 Å². The van der Waals surface area contributed by atoms with Crippen molar-refractivity contribution >= 4 is 11.8 Å². The summed E-state index contributed by atoms with van der Waals surface area (Å²) in [5.74, 6) is -0.0509. The normalized spacial score (nSPS) is 17.1. The number of carbonyl (C=O) groups is 2. The van der Waals surface area contributed by atoms with Gasteiger partial charge in [0, 0.05) is 30.9 Å². The van der Waals surface area contributed by atoms with Gasteiger partial charge in [0.05, 0.1) is 11.6 Å². The fraction of sp³-hybridized carbons (Fsp3) is 0.440. The second-order valence-electron chi connectivity index (χ2n) is 9.37. The van der Waals surface area contributed by atoms with Crippen LogP contribution in [0.4, 0.5) is 0 Å². The van der Waals surface area contributed by atoms with Crippen molar-refractivity contribution in [2.45, 2.75) is 59.0 Å². The van der Waals surface area contributed by atoms with Gasteiger partial charge in [-0.1, -0.05) is 45.0 Å². The first-order chi connectivity index (χ1) is 14.7. The molecule has 0 spiro atoms. The number of nitriles is 1. The lowest BCUT2D eigenvalue weighted by Crippen LogP contribution is -2.47. The van der Waals surface area contributed by atoms with Crippen LogP contribution in [0.1, 0.15) is 64.1 Å². The van der Waals surface area contributed by atoms with Gasteiger partial charge in [0.1, 0.15) is 12.1 Å². The van der Waals surface area contributed by atoms with Crippen LogP contribution >= 0.6 is 0 Å². The Hall–Kier alpha value is -3.20. The van der Waals surface area contributed by atoms with Gasteiger partial charge < -0.3 is 10.2 Å². The first kappa shape index (κ1) is 22.5. The highest BCUT2D eigenvalue weighted by Gasteiger charge is 2.35. The zero-order chi connectivity index (χ0) is 22.6. The number of hydrogen-bond acceptors (Lipinski definition) is 4. The van der Waals surface area contributed by atoms with Crippen LogP contribution in [0.15, 0.2) is 42.7 Å². The van der Waals surface area contributed by atoms with Gasteiger partial charge in [0.15, 0.2) is 0 Å². The van der Waals surface area contributed by atoms with E-state index in [-0.39, 0.29) is 23.3 Å². The topological polar surface area (TPSA) is 86.1 Å². The number of rotatable bonds is 5. The third-order valence-corrected chi connectivity index (χ3v) is 5.58. The molecule has 1 aliphatic rings. The summed E-state index contributed by atoms with van der Waals surface area (Å²) in [4.78, 5) is 31.3. The van der Waals surface area contributed by atoms with Crippen molar-refractivity contribution in [1.29, 1.82) is 5.26 Å². The van der Waals surface area contributed by atoms with E-state index >= 15 is 0 Å². The molecular weight excluding hydrogens is 388 g/mol. The van der Waals surface area contributed by atoms with Crippen LogP contribution in [-0.4, -0.2) is 34.3 Å². The molecule has 0 radical (unpaired) electrons. The SMILES string of the molecule is C[C@H](NC(=O)[C@@H]1CCCN1C(=O)CC(C)(C)C)c1ccc(-c2ccncc2C#N)cc1. The van der Waals surface area contributed by atoms with E-state index in [0.29, 0.717) is 24.9 Å². The van der Waals surface area contributed by atoms with Gasteiger partial charge in [-0.25, -0.2) is 0 Å². The fourth-order valence-corrected chi connectivity index (χ4v) is 3.97. The summed E-state index contributed by atoms with van der Waals surface area (Å²) in [7, 11) is 0. The highest BCUT2D eigenvalue weighted by molar-refractivity contribution is 5.88. The third-order valence-electron chi connectivity index (χ3n) is 5.58. The van der Waals surface area contributed by atoms with Crippen molar-refractivity contribution < 1.29 is 9.59 Å². The molecule has 2 atom stereocenters. The van der Waals surface area contributed by atoms with Crippen LogP contribution in [0.5, 0.6) is 0 Å². The van der Waals surface area contributed by atoms with Crippen molar-refractivity contribution in [1.82, 2.24) is 15.2 Å². The smallest absolute Gasteiger partial charge is 0.243 e. The van der Waals surface area contributed by atoms with Gasteiger partial charge in [0.2, 0.25) is 11.8 Å². The number of pyridine rings is 1. The molecule has 0 saturated carbocycles. The number of nitrogens with one attached hydrogen (secondary N) is 1. The summed E-state index contributed by atoms with van der Waals surface area (Å²) < 4.78 is 0. The minimum absolute atomic E-state index is 0.0489. The average Bonchev–Trinajstić information content (AvgIpc) is 3.23. The van der Waals surface area contributed by atoms with E-state index < -0.39 is 6.04 Å². The summed E-state index contributed by atoms with van der Waals surface area (Å²) in [6, 6.07) is 11.2. The van der Waals surface area contributed by atoms with Crippen molar-refractivity contribution in [3.05, 3.63) is 53.9 Å². The zero-order valence-electron chi connectivity index (χ0n) is 18.7. The molecule has 1 N–H and O–H groups in total. The molecule has 6 heteroatoms. The third kappa shape index (κ3) is 5.49. The molecule has 31 heavy (non-hydrogen) atoms. The molecule has 0 aliphatic carbocycles. The van der Waals surface area contributed by atoms with Crippen LogP contribution in [0.25, 0.3) is 11.1 Å². The number of likely N-dealkylation sites (tertiary alicyclic amines) is 1. The Bertz CT molecular complexity index is 986. The molecule has 1 aromatic heterocycles. The lowest BCUT2D eigenvalue weighted by atomic mass is 9.91. The van der Waals surface area contributed by atoms with Crippen LogP contribution in [0.3, 0.4) is 0 Å². The molecule has 6 nitrogen and oxygen atoms in total. The number of carbonyl (C=O) groups excluding carboxylic acids is 2. The predicted molar refractivity (Wildman–Crippen MR) is 120 cm³/mol. The Morgan fingerprint density at radius 1 is 1.26 bits per heavy atom. The van der Waals surface area contributed by atoms with E-state index in [9.17, 15) is 14.9 Å². The average molecular weight is 419 g/mol. The number of hydrogen-bond donors (Lipinski definition) is 1. The second-order valence-corrected chi connectivity index (χ2v) is 9.37. The number of nitrogens with zero attached hydrogens (tertiary/aromatic N) is 3. The molecule has 1 fully saturated rings. The van der Waals surface area contributed by atoms with Gasteiger partial charge in [0.25, 0.3) is 0 Å². The highest BCUT2D eigenvalue weighted by atomic mass is 16.2. The first-order valence-corrected chi connectivity index (χ1v) is 10.7. The molecular formula is C25H30N4O2. The van der Waals surface area contributed by atoms with E-state index in [1.165, 1.54) is 0 Å². The minimum Gasteiger partial charge on any atom is -0.348 e. The maximum atomic E-state index is 12.9. The molecule has 1 aliphatic heterocycles. The molecule has 2 heterocycles. The largest absolute Gasteiger partial charge is 0.348 e. The van der Waals surface area contributed by atoms with Gasteiger partial charge >= 0.3 is 0 Å². The molecule has 0 bridgehead atoms. The Morgan fingerprint density at radius 3 is 2.61 bits per heavy atom. The number of aromatic nitrogens is 1. The second kappa shape index (κ2) is 9.30. The standard InChI is InChI=1S/C25H30N4O2/c1-17(18-7-9-19(10-8-18)21-11-12-27-16-20(21)15-26)28-24(31)22-6-5-13-29(22)23(30)14-25(2,3)4/h7-12,16-17,22H,5-6,13-14H2,1-4H3,(H,28,31)/t17-,22-/m0/s1. The van der Waals surface area contributed by atoms with Crippen molar-refractivity contribution in [3.63, 3.8) is 0 Å². The highest BCUT2D eigenvalue weighted by Crippen LogP contribution is 2.27. The maximum absolute atomic E-state index is 12.9. The summed E-state index contributed by atoms with van der Waals surface area (Å²) in [5.41, 5.74) is 3.15. The number of amides is 2. The molecule has 1 aromatic carbocycles. The first-order valence-electron chi connectivity index (χ1n) is 10.7. The van der Waals surface area contributed by atoms with E-state index in [1.54, 1.807) is 17.3 Å². The summed E-state index contributed by atoms with van der Waals surface area (Å²) >= 11 is 0. The van der Waals surface area contributed by atoms with E-state index in [0.717, 1.165) is 23.1 Å². The zero-order valence-corrected chi connectivity index (χ0v) is 18.7. The summed E-state index contributed by atoms with van der Waals surface area (Å²) in [5, 5.41) is 12.4. The monoisotopic (exact) mass is 418 g/mol. The summed E-state index contributed by atoms with van der Waals surface area (Å²) in [6.45, 7) is 8.69. The molecule has 162 valence electrons. The van der Waals surface area contributed by atoms with E-state index in [1.807, 2.05) is 58.0 Å². The van der Waals surface area contributed by atoms with Crippen molar-refractivity contribution in [3.8, 4) is 17.2 Å². The van der Waals surface area contributed by atoms with Crippen molar-refractivity contribution in [2.24, 2.45) is 5.41 Å². The Morgan fingerprint density at radius 2 is 1.97 bits per heavy atom. The lowest BCUT2D eigenvalue weighted by molar-refractivity contribution is -0.140. The molecule has 3 rings (SSSR count). The fourth-order valence-electron chi connectivity index (χ4n) is 3.97.